The Balaban J connectivity index is 2.69. The average Bonchev–Trinajstić information content (AvgIpc) is 2.05. The summed E-state index contributed by atoms with van der Waals surface area (Å²) in [5.74, 6) is -1.85. The van der Waals surface area contributed by atoms with Crippen LogP contribution in [0.5, 0.6) is 0 Å². The molecule has 0 amide bonds. The van der Waals surface area contributed by atoms with Gasteiger partial charge in [0.05, 0.1) is 0 Å². The Bertz CT molecular complexity index is 250. The first kappa shape index (κ1) is 7.33. The second-order valence-electron chi connectivity index (χ2n) is 1.66. The van der Waals surface area contributed by atoms with Crippen molar-refractivity contribution in [3.05, 3.63) is 24.0 Å². The zero-order valence-corrected chi connectivity index (χ0v) is 5.31. The largest absolute Gasteiger partial charge is 0.475 e. The van der Waals surface area contributed by atoms with E-state index in [-0.39, 0.29) is 5.76 Å². The Morgan fingerprint density at radius 2 is 2.27 bits per heavy atom. The molecule has 1 rings (SSSR count). The van der Waals surface area contributed by atoms with Crippen molar-refractivity contribution in [3.8, 4) is 0 Å². The lowest BCUT2D eigenvalue weighted by Gasteiger charge is -2.08. The number of aliphatic carboxylic acids is 1. The quantitative estimate of drug-likeness (QED) is 0.569. The molecule has 11 heavy (non-hydrogen) atoms. The maximum Gasteiger partial charge on any atom is 0.375 e. The molecule has 0 aromatic heterocycles. The van der Waals surface area contributed by atoms with Crippen LogP contribution in [0.15, 0.2) is 24.0 Å². The summed E-state index contributed by atoms with van der Waals surface area (Å²) in [6.07, 6.45) is 2.27. The van der Waals surface area contributed by atoms with Crippen molar-refractivity contribution in [2.75, 3.05) is 0 Å². The summed E-state index contributed by atoms with van der Waals surface area (Å²) in [4.78, 5) is 20.2. The van der Waals surface area contributed by atoms with Crippen LogP contribution in [0, 0.1) is 0 Å². The summed E-state index contributed by atoms with van der Waals surface area (Å²) in [6, 6.07) is 0. The predicted octanol–water partition coefficient (Wildman–Crippen LogP) is -0.000500. The van der Waals surface area contributed by atoms with Crippen molar-refractivity contribution >= 4 is 12.3 Å². The van der Waals surface area contributed by atoms with Crippen molar-refractivity contribution < 1.29 is 24.2 Å². The number of allylic oxidation sites excluding steroid dienone is 1. The summed E-state index contributed by atoms with van der Waals surface area (Å²) in [5, 5.41) is 8.34. The van der Waals surface area contributed by atoms with Crippen LogP contribution in [0.1, 0.15) is 0 Å². The summed E-state index contributed by atoms with van der Waals surface area (Å²) >= 11 is 0. The zero-order chi connectivity index (χ0) is 8.27. The van der Waals surface area contributed by atoms with E-state index >= 15 is 0 Å². The molecule has 0 bridgehead atoms. The first-order valence-electron chi connectivity index (χ1n) is 2.66. The number of hydrogen-bond acceptors (Lipinski definition) is 4. The van der Waals surface area contributed by atoms with Gasteiger partial charge in [-0.2, -0.15) is 0 Å². The van der Waals surface area contributed by atoms with Crippen molar-refractivity contribution in [1.82, 2.24) is 0 Å². The third kappa shape index (κ3) is 1.57. The molecule has 0 fully saturated rings. The number of hydrogen-bond donors (Lipinski definition) is 1. The molecular formula is C6H4O5. The molecule has 58 valence electrons. The van der Waals surface area contributed by atoms with Crippen LogP contribution in [0.25, 0.3) is 0 Å². The van der Waals surface area contributed by atoms with E-state index in [0.717, 1.165) is 12.5 Å². The van der Waals surface area contributed by atoms with Gasteiger partial charge in [0, 0.05) is 0 Å². The Morgan fingerprint density at radius 3 is 2.82 bits per heavy atom. The summed E-state index contributed by atoms with van der Waals surface area (Å²) < 4.78 is 9.01. The minimum atomic E-state index is -1.28. The van der Waals surface area contributed by atoms with Gasteiger partial charge in [0.15, 0.2) is 6.29 Å². The SMILES string of the molecule is O=CC1=COC=C(C(=O)O)O1. The van der Waals surface area contributed by atoms with E-state index in [4.69, 9.17) is 5.11 Å². The molecule has 0 aromatic rings. The summed E-state index contributed by atoms with van der Waals surface area (Å²) in [6.45, 7) is 0. The molecule has 0 aromatic carbocycles. The maximum atomic E-state index is 10.2. The lowest BCUT2D eigenvalue weighted by atomic mass is 10.5. The third-order valence-corrected chi connectivity index (χ3v) is 0.914. The van der Waals surface area contributed by atoms with Crippen LogP contribution in [0.2, 0.25) is 0 Å². The van der Waals surface area contributed by atoms with Crippen molar-refractivity contribution in [2.24, 2.45) is 0 Å². The predicted molar refractivity (Wildman–Crippen MR) is 32.0 cm³/mol. The fourth-order valence-electron chi connectivity index (χ4n) is 0.484. The highest BCUT2D eigenvalue weighted by molar-refractivity contribution is 5.85. The second-order valence-corrected chi connectivity index (χ2v) is 1.66. The molecule has 0 saturated heterocycles. The van der Waals surface area contributed by atoms with Crippen molar-refractivity contribution in [2.45, 2.75) is 0 Å². The fourth-order valence-corrected chi connectivity index (χ4v) is 0.484. The number of carbonyl (C=O) groups excluding carboxylic acids is 1. The number of carboxylic acid groups (broad SMARTS) is 1. The normalized spacial score (nSPS) is 15.3. The van der Waals surface area contributed by atoms with Gasteiger partial charge in [-0.1, -0.05) is 0 Å². The Kier molecular flexibility index (Phi) is 1.91. The van der Waals surface area contributed by atoms with Crippen LogP contribution in [0.3, 0.4) is 0 Å². The maximum absolute atomic E-state index is 10.2. The minimum Gasteiger partial charge on any atom is -0.475 e. The van der Waals surface area contributed by atoms with E-state index in [1.807, 2.05) is 0 Å². The molecular weight excluding hydrogens is 152 g/mol. The molecule has 0 unspecified atom stereocenters. The number of aldehydes is 1. The van der Waals surface area contributed by atoms with Crippen LogP contribution in [-0.2, 0) is 19.1 Å². The molecule has 5 nitrogen and oxygen atoms in total. The molecule has 5 heteroatoms. The smallest absolute Gasteiger partial charge is 0.375 e. The van der Waals surface area contributed by atoms with E-state index in [9.17, 15) is 9.59 Å². The highest BCUT2D eigenvalue weighted by Gasteiger charge is 2.15. The lowest BCUT2D eigenvalue weighted by molar-refractivity contribution is -0.136. The van der Waals surface area contributed by atoms with Gasteiger partial charge in [0.1, 0.15) is 12.5 Å². The number of carboxylic acids is 1. The molecule has 1 aliphatic heterocycles. The molecule has 1 aliphatic rings. The molecule has 0 spiro atoms. The van der Waals surface area contributed by atoms with E-state index in [0.29, 0.717) is 6.29 Å². The standard InChI is InChI=1S/C6H4O5/c7-1-4-2-10-3-5(11-4)6(8)9/h1-3H,(H,8,9). The summed E-state index contributed by atoms with van der Waals surface area (Å²) in [5.41, 5.74) is 0. The van der Waals surface area contributed by atoms with Crippen molar-refractivity contribution in [1.29, 1.82) is 0 Å². The molecule has 0 aliphatic carbocycles. The zero-order valence-electron chi connectivity index (χ0n) is 5.31. The number of ether oxygens (including phenoxy) is 2. The van der Waals surface area contributed by atoms with Crippen LogP contribution >= 0.6 is 0 Å². The monoisotopic (exact) mass is 156 g/mol. The first-order valence-corrected chi connectivity index (χ1v) is 2.66. The topological polar surface area (TPSA) is 72.8 Å². The first-order chi connectivity index (χ1) is 5.24. The van der Waals surface area contributed by atoms with Gasteiger partial charge < -0.3 is 14.6 Å². The van der Waals surface area contributed by atoms with E-state index in [2.05, 4.69) is 9.47 Å². The van der Waals surface area contributed by atoms with Gasteiger partial charge in [-0.15, -0.1) is 0 Å². The van der Waals surface area contributed by atoms with Gasteiger partial charge in [-0.3, -0.25) is 4.79 Å². The molecule has 0 radical (unpaired) electrons. The van der Waals surface area contributed by atoms with E-state index in [1.165, 1.54) is 0 Å². The van der Waals surface area contributed by atoms with E-state index < -0.39 is 11.7 Å². The van der Waals surface area contributed by atoms with Crippen LogP contribution < -0.4 is 0 Å². The third-order valence-electron chi connectivity index (χ3n) is 0.914. The Labute approximate surface area is 61.5 Å². The van der Waals surface area contributed by atoms with Gasteiger partial charge in [0.25, 0.3) is 0 Å². The van der Waals surface area contributed by atoms with Gasteiger partial charge >= 0.3 is 5.97 Å². The second kappa shape index (κ2) is 2.87. The van der Waals surface area contributed by atoms with E-state index in [1.54, 1.807) is 0 Å². The molecule has 1 heterocycles. The Hall–Kier alpha value is -1.78. The molecule has 0 saturated carbocycles. The molecule has 0 atom stereocenters. The minimum absolute atomic E-state index is 0.162. The van der Waals surface area contributed by atoms with Crippen LogP contribution in [-0.4, -0.2) is 17.4 Å². The average molecular weight is 156 g/mol. The van der Waals surface area contributed by atoms with Gasteiger partial charge in [-0.25, -0.2) is 4.79 Å². The van der Waals surface area contributed by atoms with Gasteiger partial charge in [0.2, 0.25) is 11.5 Å². The fraction of sp³-hybridized carbons (Fsp3) is 0. The molecule has 1 N–H and O–H groups in total. The van der Waals surface area contributed by atoms with Crippen LogP contribution in [0.4, 0.5) is 0 Å². The number of rotatable bonds is 2. The highest BCUT2D eigenvalue weighted by Crippen LogP contribution is 2.10. The highest BCUT2D eigenvalue weighted by atomic mass is 16.6. The van der Waals surface area contributed by atoms with Crippen molar-refractivity contribution in [3.63, 3.8) is 0 Å². The van der Waals surface area contributed by atoms with Gasteiger partial charge in [-0.05, 0) is 0 Å². The number of carbonyl (C=O) groups is 2. The summed E-state index contributed by atoms with van der Waals surface area (Å²) in [7, 11) is 0. The Morgan fingerprint density at radius 1 is 1.55 bits per heavy atom. The lowest BCUT2D eigenvalue weighted by Crippen LogP contribution is -2.09.